The predicted molar refractivity (Wildman–Crippen MR) is 164 cm³/mol. The average Bonchev–Trinajstić information content (AvgIpc) is 3.01. The molecule has 5 aromatic rings. The van der Waals surface area contributed by atoms with Crippen molar-refractivity contribution in [3.8, 4) is 0 Å². The quantitative estimate of drug-likeness (QED) is 0.177. The highest BCUT2D eigenvalue weighted by Gasteiger charge is 2.34. The first-order chi connectivity index (χ1) is 19.2. The van der Waals surface area contributed by atoms with E-state index in [9.17, 15) is 0 Å². The van der Waals surface area contributed by atoms with E-state index >= 15 is 4.57 Å². The second-order valence-electron chi connectivity index (χ2n) is 10.1. The molecular formula is C35H33N2OP. The van der Waals surface area contributed by atoms with E-state index < -0.39 is 7.14 Å². The lowest BCUT2D eigenvalue weighted by Gasteiger charge is -2.35. The fourth-order valence-corrected chi connectivity index (χ4v) is 8.78. The second-order valence-corrected chi connectivity index (χ2v) is 12.9. The molecule has 1 unspecified atom stereocenters. The van der Waals surface area contributed by atoms with Crippen molar-refractivity contribution in [3.63, 3.8) is 0 Å². The minimum absolute atomic E-state index is 0.148. The number of anilines is 2. The molecule has 0 radical (unpaired) electrons. The minimum atomic E-state index is -3.03. The molecule has 0 aliphatic heterocycles. The number of nitrogens with one attached hydrogen (secondary N) is 1. The molecule has 0 saturated carbocycles. The number of fused-ring (bicyclic) bond motifs is 1. The summed E-state index contributed by atoms with van der Waals surface area (Å²) in [5.74, 6) is 0. The molecule has 1 aliphatic carbocycles. The van der Waals surface area contributed by atoms with Gasteiger partial charge in [-0.3, -0.25) is 5.01 Å². The van der Waals surface area contributed by atoms with Crippen LogP contribution in [0.2, 0.25) is 0 Å². The van der Waals surface area contributed by atoms with Crippen LogP contribution in [-0.2, 0) is 11.0 Å². The van der Waals surface area contributed by atoms with E-state index in [2.05, 4.69) is 78.0 Å². The maximum Gasteiger partial charge on any atom is 0.171 e. The number of benzene rings is 5. The summed E-state index contributed by atoms with van der Waals surface area (Å²) in [7, 11) is -3.03. The van der Waals surface area contributed by atoms with Crippen LogP contribution in [-0.4, -0.2) is 0 Å². The van der Waals surface area contributed by atoms with Gasteiger partial charge in [-0.2, -0.15) is 0 Å². The molecule has 0 saturated heterocycles. The van der Waals surface area contributed by atoms with Crippen molar-refractivity contribution >= 4 is 34.4 Å². The molecule has 1 N–H and O–H groups in total. The van der Waals surface area contributed by atoms with Crippen LogP contribution in [0.1, 0.15) is 35.6 Å². The van der Waals surface area contributed by atoms with Crippen LogP contribution < -0.4 is 26.3 Å². The lowest BCUT2D eigenvalue weighted by atomic mass is 9.85. The Kier molecular flexibility index (Phi) is 7.20. The first-order valence-corrected chi connectivity index (χ1v) is 15.4. The van der Waals surface area contributed by atoms with Gasteiger partial charge in [0.1, 0.15) is 0 Å². The molecule has 0 spiro atoms. The molecule has 0 bridgehead atoms. The van der Waals surface area contributed by atoms with Gasteiger partial charge in [-0.1, -0.05) is 109 Å². The normalized spacial score (nSPS) is 14.9. The third-order valence-electron chi connectivity index (χ3n) is 7.79. The van der Waals surface area contributed by atoms with Crippen molar-refractivity contribution < 1.29 is 4.57 Å². The zero-order valence-corrected chi connectivity index (χ0v) is 23.1. The number of nitrogens with zero attached hydrogens (tertiary/aromatic N) is 1. The molecule has 0 aromatic heterocycles. The van der Waals surface area contributed by atoms with Crippen molar-refractivity contribution in [1.29, 1.82) is 0 Å². The van der Waals surface area contributed by atoms with Gasteiger partial charge in [-0.25, -0.2) is 5.43 Å². The largest absolute Gasteiger partial charge is 0.309 e. The van der Waals surface area contributed by atoms with Crippen molar-refractivity contribution in [1.82, 2.24) is 5.43 Å². The van der Waals surface area contributed by atoms with E-state index in [1.54, 1.807) is 0 Å². The van der Waals surface area contributed by atoms with Crippen LogP contribution in [0.25, 0.3) is 0 Å². The van der Waals surface area contributed by atoms with Crippen molar-refractivity contribution in [3.05, 3.63) is 150 Å². The van der Waals surface area contributed by atoms with Crippen LogP contribution >= 0.6 is 7.14 Å². The molecule has 194 valence electrons. The minimum Gasteiger partial charge on any atom is -0.309 e. The maximum atomic E-state index is 15.1. The third-order valence-corrected chi connectivity index (χ3v) is 11.0. The highest BCUT2D eigenvalue weighted by Crippen LogP contribution is 2.45. The standard InChI is InChI=1S/C35H33N2OP/c1-27-32-23-14-24-34(36-37(28-15-6-2-7-16-28)29-17-8-3-9-18-29)33(32)25-26-35(27)39(38,30-19-10-4-11-20-30)31-21-12-5-13-22-31/h2-13,15-22,25-26,34,36H,14,23-24H2,1H3. The van der Waals surface area contributed by atoms with Crippen molar-refractivity contribution in [2.24, 2.45) is 0 Å². The smallest absolute Gasteiger partial charge is 0.171 e. The summed E-state index contributed by atoms with van der Waals surface area (Å²) in [5, 5.41) is 4.90. The van der Waals surface area contributed by atoms with Gasteiger partial charge in [0.2, 0.25) is 0 Å². The topological polar surface area (TPSA) is 32.3 Å². The van der Waals surface area contributed by atoms with E-state index in [-0.39, 0.29) is 6.04 Å². The Balaban J connectivity index is 1.43. The van der Waals surface area contributed by atoms with E-state index in [1.165, 1.54) is 11.1 Å². The van der Waals surface area contributed by atoms with E-state index in [0.29, 0.717) is 0 Å². The first kappa shape index (κ1) is 25.4. The molecule has 39 heavy (non-hydrogen) atoms. The van der Waals surface area contributed by atoms with E-state index in [4.69, 9.17) is 0 Å². The van der Waals surface area contributed by atoms with Gasteiger partial charge >= 0.3 is 0 Å². The Morgan fingerprint density at radius 2 is 1.15 bits per heavy atom. The van der Waals surface area contributed by atoms with E-state index in [1.807, 2.05) is 72.8 Å². The Hall–Kier alpha value is -3.91. The van der Waals surface area contributed by atoms with Gasteiger partial charge in [0, 0.05) is 15.9 Å². The third kappa shape index (κ3) is 4.85. The van der Waals surface area contributed by atoms with Crippen molar-refractivity contribution in [2.45, 2.75) is 32.2 Å². The van der Waals surface area contributed by atoms with Crippen LogP contribution in [0.15, 0.2) is 133 Å². The highest BCUT2D eigenvalue weighted by molar-refractivity contribution is 7.85. The maximum absolute atomic E-state index is 15.1. The summed E-state index contributed by atoms with van der Waals surface area (Å²) in [6.07, 6.45) is 3.11. The summed E-state index contributed by atoms with van der Waals surface area (Å²) in [5.41, 5.74) is 9.83. The van der Waals surface area contributed by atoms with Crippen LogP contribution in [0, 0.1) is 6.92 Å². The Labute approximate surface area is 231 Å². The number of hydrogen-bond donors (Lipinski definition) is 1. The first-order valence-electron chi connectivity index (χ1n) is 13.7. The zero-order valence-electron chi connectivity index (χ0n) is 22.2. The average molecular weight is 529 g/mol. The van der Waals surface area contributed by atoms with Gasteiger partial charge in [-0.05, 0) is 67.1 Å². The zero-order chi connectivity index (χ0) is 26.7. The Morgan fingerprint density at radius 3 is 1.67 bits per heavy atom. The monoisotopic (exact) mass is 528 g/mol. The van der Waals surface area contributed by atoms with Crippen LogP contribution in [0.5, 0.6) is 0 Å². The fourth-order valence-electron chi connectivity index (χ4n) is 5.85. The van der Waals surface area contributed by atoms with E-state index in [0.717, 1.165) is 52.1 Å². The van der Waals surface area contributed by atoms with Crippen LogP contribution in [0.3, 0.4) is 0 Å². The molecule has 1 atom stereocenters. The highest BCUT2D eigenvalue weighted by atomic mass is 31.2. The van der Waals surface area contributed by atoms with Gasteiger partial charge in [0.15, 0.2) is 7.14 Å². The Morgan fingerprint density at radius 1 is 0.667 bits per heavy atom. The Bertz CT molecular complexity index is 1510. The fraction of sp³-hybridized carbons (Fsp3) is 0.143. The summed E-state index contributed by atoms with van der Waals surface area (Å²) in [6.45, 7) is 2.17. The lowest BCUT2D eigenvalue weighted by molar-refractivity contribution is 0.464. The molecule has 0 amide bonds. The summed E-state index contributed by atoms with van der Waals surface area (Å²) in [6, 6.07) is 45.4. The van der Waals surface area contributed by atoms with Gasteiger partial charge in [0.05, 0.1) is 17.4 Å². The number of rotatable bonds is 7. The molecule has 5 aromatic carbocycles. The molecule has 1 aliphatic rings. The molecule has 6 rings (SSSR count). The molecule has 4 heteroatoms. The predicted octanol–water partition coefficient (Wildman–Crippen LogP) is 7.35. The van der Waals surface area contributed by atoms with Crippen LogP contribution in [0.4, 0.5) is 11.4 Å². The summed E-state index contributed by atoms with van der Waals surface area (Å²) >= 11 is 0. The molecular weight excluding hydrogens is 495 g/mol. The molecule has 0 fully saturated rings. The number of hydrogen-bond acceptors (Lipinski definition) is 3. The number of hydrazine groups is 1. The van der Waals surface area contributed by atoms with Crippen molar-refractivity contribution in [2.75, 3.05) is 5.01 Å². The lowest BCUT2D eigenvalue weighted by Crippen LogP contribution is -2.39. The van der Waals surface area contributed by atoms with Gasteiger partial charge < -0.3 is 4.57 Å². The SMILES string of the molecule is Cc1c(P(=O)(c2ccccc2)c2ccccc2)ccc2c1CCCC2NN(c1ccccc1)c1ccccc1. The summed E-state index contributed by atoms with van der Waals surface area (Å²) < 4.78 is 15.1. The number of para-hydroxylation sites is 2. The second kappa shape index (κ2) is 11.1. The molecule has 0 heterocycles. The molecule has 3 nitrogen and oxygen atoms in total. The van der Waals surface area contributed by atoms with Gasteiger partial charge in [-0.15, -0.1) is 0 Å². The summed E-state index contributed by atoms with van der Waals surface area (Å²) in [4.78, 5) is 0. The van der Waals surface area contributed by atoms with Gasteiger partial charge in [0.25, 0.3) is 0 Å².